The Morgan fingerprint density at radius 2 is 2.10 bits per heavy atom. The van der Waals surface area contributed by atoms with Crippen LogP contribution < -0.4 is 25.2 Å². The Bertz CT molecular complexity index is 1500. The molecule has 1 N–H and O–H groups in total. The molecule has 2 atom stereocenters. The summed E-state index contributed by atoms with van der Waals surface area (Å²) in [6.07, 6.45) is 8.28. The van der Waals surface area contributed by atoms with Crippen molar-refractivity contribution in [2.24, 2.45) is 4.99 Å². The molecule has 0 bridgehead atoms. The zero-order chi connectivity index (χ0) is 27.5. The fourth-order valence-electron chi connectivity index (χ4n) is 4.94. The predicted molar refractivity (Wildman–Crippen MR) is 157 cm³/mol. The highest BCUT2D eigenvalue weighted by atomic mass is 35.5. The zero-order valence-electron chi connectivity index (χ0n) is 22.8. The first kappa shape index (κ1) is 27.2. The molecular formula is C32H35ClFN3O2. The number of benzene rings is 2. The first-order valence-electron chi connectivity index (χ1n) is 13.6. The van der Waals surface area contributed by atoms with Gasteiger partial charge in [0.05, 0.1) is 18.7 Å². The van der Waals surface area contributed by atoms with E-state index in [1.807, 2.05) is 18.5 Å². The number of fused-ring (bicyclic) bond motifs is 1. The van der Waals surface area contributed by atoms with Gasteiger partial charge in [0.25, 0.3) is 0 Å². The fourth-order valence-corrected chi connectivity index (χ4v) is 5.12. The SMILES string of the molecule is C=c1c(OC)cc(C=NCC(CCC)c2cc3c(c(-c4ccc(F)c(Cl)c4)n2)OCC3C)c/c1=C/NC1CC1. The molecular weight excluding hydrogens is 513 g/mol. The monoisotopic (exact) mass is 547 g/mol. The van der Waals surface area contributed by atoms with Gasteiger partial charge in [-0.3, -0.25) is 4.99 Å². The maximum absolute atomic E-state index is 13.9. The molecule has 204 valence electrons. The molecule has 39 heavy (non-hydrogen) atoms. The third-order valence-corrected chi connectivity index (χ3v) is 7.67. The van der Waals surface area contributed by atoms with Gasteiger partial charge in [-0.05, 0) is 61.2 Å². The van der Waals surface area contributed by atoms with Crippen molar-refractivity contribution < 1.29 is 13.9 Å². The summed E-state index contributed by atoms with van der Waals surface area (Å²) in [6, 6.07) is 11.5. The molecule has 5 nitrogen and oxygen atoms in total. The van der Waals surface area contributed by atoms with E-state index in [-0.39, 0.29) is 16.9 Å². The number of nitrogens with one attached hydrogen (secondary N) is 1. The molecule has 0 amide bonds. The van der Waals surface area contributed by atoms with E-state index < -0.39 is 5.82 Å². The van der Waals surface area contributed by atoms with Gasteiger partial charge in [-0.15, -0.1) is 0 Å². The Balaban J connectivity index is 1.45. The highest BCUT2D eigenvalue weighted by Crippen LogP contribution is 2.43. The summed E-state index contributed by atoms with van der Waals surface area (Å²) in [5.41, 5.74) is 4.51. The predicted octanol–water partition coefficient (Wildman–Crippen LogP) is 5.95. The molecule has 2 aromatic carbocycles. The third kappa shape index (κ3) is 6.11. The second kappa shape index (κ2) is 11.8. The average molecular weight is 548 g/mol. The third-order valence-electron chi connectivity index (χ3n) is 7.38. The van der Waals surface area contributed by atoms with Crippen LogP contribution in [0.25, 0.3) is 24.0 Å². The summed E-state index contributed by atoms with van der Waals surface area (Å²) in [4.78, 5) is 9.90. The van der Waals surface area contributed by atoms with Crippen LogP contribution in [-0.4, -0.2) is 37.5 Å². The normalized spacial score (nSPS) is 17.8. The standard InChI is InChI=1S/C32H35ClFN3O2/c1-5-6-23(16-35-15-21-11-24(17-36-25-8-9-25)20(3)30(12-21)38-4)29-14-26-19(2)18-39-32(26)31(37-29)22-7-10-28(34)27(33)13-22/h7,10-15,17,19,23,25,36H,3,5-6,8-9,16,18H2,1-2,4H3/b24-17-,35-15?. The quantitative estimate of drug-likeness (QED) is 0.319. The van der Waals surface area contributed by atoms with Crippen LogP contribution in [0.15, 0.2) is 41.4 Å². The van der Waals surface area contributed by atoms with Gasteiger partial charge >= 0.3 is 0 Å². The van der Waals surface area contributed by atoms with Crippen LogP contribution in [-0.2, 0) is 0 Å². The van der Waals surface area contributed by atoms with Crippen LogP contribution >= 0.6 is 11.6 Å². The van der Waals surface area contributed by atoms with Crippen molar-refractivity contribution in [3.8, 4) is 22.8 Å². The van der Waals surface area contributed by atoms with Crippen molar-refractivity contribution in [1.29, 1.82) is 0 Å². The molecule has 3 aromatic rings. The van der Waals surface area contributed by atoms with Gasteiger partial charge in [-0.25, -0.2) is 9.37 Å². The molecule has 1 aromatic heterocycles. The van der Waals surface area contributed by atoms with E-state index in [0.717, 1.165) is 57.2 Å². The molecule has 0 saturated heterocycles. The van der Waals surface area contributed by atoms with Gasteiger partial charge in [0, 0.05) is 64.1 Å². The lowest BCUT2D eigenvalue weighted by Crippen LogP contribution is -2.29. The second-order valence-corrected chi connectivity index (χ2v) is 10.9. The van der Waals surface area contributed by atoms with E-state index in [2.05, 4.69) is 37.9 Å². The summed E-state index contributed by atoms with van der Waals surface area (Å²) >= 11 is 6.12. The number of pyridine rings is 1. The number of aromatic nitrogens is 1. The van der Waals surface area contributed by atoms with E-state index in [4.69, 9.17) is 31.1 Å². The van der Waals surface area contributed by atoms with Crippen LogP contribution in [0.4, 0.5) is 4.39 Å². The smallest absolute Gasteiger partial charge is 0.149 e. The van der Waals surface area contributed by atoms with E-state index in [1.54, 1.807) is 19.2 Å². The molecule has 2 aliphatic rings. The highest BCUT2D eigenvalue weighted by Gasteiger charge is 2.28. The van der Waals surface area contributed by atoms with Crippen LogP contribution in [0.3, 0.4) is 0 Å². The molecule has 2 heterocycles. The number of nitrogens with zero attached hydrogens (tertiary/aromatic N) is 2. The average Bonchev–Trinajstić information content (AvgIpc) is 3.69. The minimum absolute atomic E-state index is 0.0712. The Kier molecular flexibility index (Phi) is 8.22. The number of methoxy groups -OCH3 is 1. The van der Waals surface area contributed by atoms with Crippen molar-refractivity contribution in [3.63, 3.8) is 0 Å². The summed E-state index contributed by atoms with van der Waals surface area (Å²) in [5.74, 6) is 1.42. The zero-order valence-corrected chi connectivity index (χ0v) is 23.5. The van der Waals surface area contributed by atoms with Crippen LogP contribution in [0.5, 0.6) is 11.5 Å². The Morgan fingerprint density at radius 3 is 2.82 bits per heavy atom. The molecule has 5 rings (SSSR count). The molecule has 7 heteroatoms. The van der Waals surface area contributed by atoms with Gasteiger partial charge < -0.3 is 14.8 Å². The van der Waals surface area contributed by atoms with Gasteiger partial charge in [0.2, 0.25) is 0 Å². The maximum Gasteiger partial charge on any atom is 0.149 e. The number of aliphatic imine (C=N–C) groups is 1. The van der Waals surface area contributed by atoms with E-state index in [1.165, 1.54) is 18.9 Å². The van der Waals surface area contributed by atoms with Gasteiger partial charge in [0.1, 0.15) is 23.0 Å². The Morgan fingerprint density at radius 1 is 1.28 bits per heavy atom. The van der Waals surface area contributed by atoms with Gasteiger partial charge in [0.15, 0.2) is 0 Å². The largest absolute Gasteiger partial charge is 0.496 e. The highest BCUT2D eigenvalue weighted by molar-refractivity contribution is 6.31. The number of hydrogen-bond acceptors (Lipinski definition) is 5. The first-order chi connectivity index (χ1) is 18.9. The van der Waals surface area contributed by atoms with Crippen LogP contribution in [0.2, 0.25) is 5.02 Å². The van der Waals surface area contributed by atoms with Crippen LogP contribution in [0, 0.1) is 5.82 Å². The van der Waals surface area contributed by atoms with Crippen LogP contribution in [0.1, 0.15) is 68.2 Å². The minimum Gasteiger partial charge on any atom is -0.496 e. The lowest BCUT2D eigenvalue weighted by molar-refractivity contribution is 0.337. The summed E-state index contributed by atoms with van der Waals surface area (Å²) in [5, 5.41) is 5.38. The number of hydrogen-bond donors (Lipinski definition) is 1. The Labute approximate surface area is 234 Å². The van der Waals surface area contributed by atoms with Crippen molar-refractivity contribution in [2.75, 3.05) is 20.3 Å². The molecule has 1 fully saturated rings. The molecule has 1 aliphatic carbocycles. The molecule has 0 spiro atoms. The van der Waals surface area contributed by atoms with E-state index >= 15 is 0 Å². The van der Waals surface area contributed by atoms with E-state index in [9.17, 15) is 4.39 Å². The lowest BCUT2D eigenvalue weighted by atomic mass is 9.93. The number of rotatable bonds is 10. The fraction of sp³-hybridized carbons (Fsp3) is 0.375. The first-order valence-corrected chi connectivity index (χ1v) is 14.0. The molecule has 2 unspecified atom stereocenters. The van der Waals surface area contributed by atoms with Crippen molar-refractivity contribution >= 4 is 30.6 Å². The molecule has 1 saturated carbocycles. The van der Waals surface area contributed by atoms with Gasteiger partial charge in [-0.1, -0.05) is 38.4 Å². The summed E-state index contributed by atoms with van der Waals surface area (Å²) < 4.78 is 25.5. The van der Waals surface area contributed by atoms with Crippen molar-refractivity contribution in [2.45, 2.75) is 57.4 Å². The summed E-state index contributed by atoms with van der Waals surface area (Å²) in [6.45, 7) is 9.70. The number of ether oxygens (including phenoxy) is 2. The van der Waals surface area contributed by atoms with Gasteiger partial charge in [-0.2, -0.15) is 0 Å². The number of halogens is 2. The second-order valence-electron chi connectivity index (χ2n) is 10.5. The van der Waals surface area contributed by atoms with E-state index in [0.29, 0.717) is 24.9 Å². The topological polar surface area (TPSA) is 55.7 Å². The maximum atomic E-state index is 13.9. The van der Waals surface area contributed by atoms with Crippen molar-refractivity contribution in [3.05, 3.63) is 74.5 Å². The molecule has 0 radical (unpaired) electrons. The van der Waals surface area contributed by atoms with Crippen molar-refractivity contribution in [1.82, 2.24) is 10.3 Å². The summed E-state index contributed by atoms with van der Waals surface area (Å²) in [7, 11) is 1.66. The Hall–Kier alpha value is -3.38. The molecule has 1 aliphatic heterocycles. The lowest BCUT2D eigenvalue weighted by Gasteiger charge is -2.17. The minimum atomic E-state index is -0.451.